The number of aryl methyl sites for hydroxylation is 1. The average molecular weight is 531 g/mol. The van der Waals surface area contributed by atoms with Gasteiger partial charge in [0.25, 0.3) is 0 Å². The summed E-state index contributed by atoms with van der Waals surface area (Å²) in [6, 6.07) is 11.0. The standard InChI is InChI=1S/C36H70N2/c1-37(2,3)33-29-35-38(4,5)34-28-23-21-19-17-15-13-11-9-7-6-8-10-12-14-16-18-20-22-25-30-36-31-26-24-27-32-36/h24,26-27,31-32H,6-23,25,28-30,33-35H2,1-5H3/q+2. The number of rotatable bonds is 27. The average Bonchev–Trinajstić information content (AvgIpc) is 2.86. The van der Waals surface area contributed by atoms with E-state index in [0.717, 1.165) is 4.48 Å². The number of nitrogens with zero attached hydrogens (tertiary/aromatic N) is 2. The van der Waals surface area contributed by atoms with Crippen molar-refractivity contribution in [3.63, 3.8) is 0 Å². The van der Waals surface area contributed by atoms with E-state index in [1.54, 1.807) is 0 Å². The summed E-state index contributed by atoms with van der Waals surface area (Å²) >= 11 is 0. The smallest absolute Gasteiger partial charge is 0.0836 e. The SMILES string of the molecule is C[N+](C)(C)CCC[N+](C)(C)CCCCCCCCCCCCCCCCCCCCCCc1ccccc1. The Morgan fingerprint density at radius 1 is 0.368 bits per heavy atom. The molecule has 0 unspecified atom stereocenters. The Labute approximate surface area is 240 Å². The Morgan fingerprint density at radius 2 is 0.711 bits per heavy atom. The maximum absolute atomic E-state index is 2.42. The maximum Gasteiger partial charge on any atom is 0.0836 e. The zero-order chi connectivity index (χ0) is 27.8. The number of unbranched alkanes of at least 4 members (excludes halogenated alkanes) is 19. The monoisotopic (exact) mass is 531 g/mol. The van der Waals surface area contributed by atoms with Gasteiger partial charge in [0.05, 0.1) is 54.9 Å². The first-order chi connectivity index (χ1) is 18.3. The molecule has 2 heteroatoms. The first-order valence-electron chi connectivity index (χ1n) is 16.9. The first kappa shape index (κ1) is 35.2. The van der Waals surface area contributed by atoms with Gasteiger partial charge in [0, 0.05) is 6.42 Å². The second kappa shape index (κ2) is 22.9. The zero-order valence-electron chi connectivity index (χ0n) is 27.0. The molecule has 1 aromatic rings. The Bertz CT molecular complexity index is 616. The van der Waals surface area contributed by atoms with Crippen molar-refractivity contribution < 1.29 is 8.97 Å². The van der Waals surface area contributed by atoms with Crippen molar-refractivity contribution >= 4 is 0 Å². The quantitative estimate of drug-likeness (QED) is 0.0784. The van der Waals surface area contributed by atoms with Crippen LogP contribution in [0, 0.1) is 0 Å². The molecule has 0 aliphatic carbocycles. The van der Waals surface area contributed by atoms with Crippen molar-refractivity contribution in [2.45, 2.75) is 141 Å². The Balaban J connectivity index is 1.72. The molecule has 0 saturated carbocycles. The summed E-state index contributed by atoms with van der Waals surface area (Å²) < 4.78 is 2.30. The molecule has 0 radical (unpaired) electrons. The Hall–Kier alpha value is -0.860. The van der Waals surface area contributed by atoms with Gasteiger partial charge >= 0.3 is 0 Å². The van der Waals surface area contributed by atoms with Crippen molar-refractivity contribution in [1.29, 1.82) is 0 Å². The molecule has 1 rings (SSSR count). The first-order valence-corrected chi connectivity index (χ1v) is 16.9. The summed E-state index contributed by atoms with van der Waals surface area (Å²) in [4.78, 5) is 0. The molecule has 0 aliphatic heterocycles. The van der Waals surface area contributed by atoms with Crippen LogP contribution in [0.15, 0.2) is 30.3 Å². The van der Waals surface area contributed by atoms with E-state index >= 15 is 0 Å². The summed E-state index contributed by atoms with van der Waals surface area (Å²) in [5.74, 6) is 0. The molecule has 0 amide bonds. The van der Waals surface area contributed by atoms with Crippen LogP contribution in [-0.4, -0.2) is 63.8 Å². The van der Waals surface area contributed by atoms with Gasteiger partial charge in [0.2, 0.25) is 0 Å². The van der Waals surface area contributed by atoms with E-state index in [4.69, 9.17) is 0 Å². The van der Waals surface area contributed by atoms with Crippen LogP contribution in [0.25, 0.3) is 0 Å². The van der Waals surface area contributed by atoms with Crippen LogP contribution >= 0.6 is 0 Å². The molecule has 38 heavy (non-hydrogen) atoms. The topological polar surface area (TPSA) is 0 Å². The van der Waals surface area contributed by atoms with Gasteiger partial charge in [-0.25, -0.2) is 0 Å². The molecule has 2 nitrogen and oxygen atoms in total. The highest BCUT2D eigenvalue weighted by atomic mass is 15.3. The van der Waals surface area contributed by atoms with Crippen LogP contribution in [0.5, 0.6) is 0 Å². The van der Waals surface area contributed by atoms with Crippen LogP contribution in [-0.2, 0) is 6.42 Å². The number of hydrogen-bond donors (Lipinski definition) is 0. The van der Waals surface area contributed by atoms with Crippen LogP contribution in [0.2, 0.25) is 0 Å². The molecule has 0 saturated heterocycles. The Kier molecular flexibility index (Phi) is 21.2. The van der Waals surface area contributed by atoms with Crippen molar-refractivity contribution in [3.05, 3.63) is 35.9 Å². The molecule has 0 bridgehead atoms. The molecule has 0 atom stereocenters. The predicted octanol–water partition coefficient (Wildman–Crippen LogP) is 10.2. The van der Waals surface area contributed by atoms with Crippen molar-refractivity contribution in [1.82, 2.24) is 0 Å². The molecule has 0 aliphatic rings. The van der Waals surface area contributed by atoms with Gasteiger partial charge < -0.3 is 8.97 Å². The lowest BCUT2D eigenvalue weighted by Crippen LogP contribution is -2.44. The molecule has 0 spiro atoms. The normalized spacial score (nSPS) is 12.3. The van der Waals surface area contributed by atoms with Crippen LogP contribution in [0.1, 0.15) is 140 Å². The van der Waals surface area contributed by atoms with Gasteiger partial charge in [-0.15, -0.1) is 0 Å². The third kappa shape index (κ3) is 24.2. The van der Waals surface area contributed by atoms with E-state index in [1.807, 2.05) is 0 Å². The zero-order valence-corrected chi connectivity index (χ0v) is 27.0. The Morgan fingerprint density at radius 3 is 1.11 bits per heavy atom. The third-order valence-corrected chi connectivity index (χ3v) is 8.41. The number of hydrogen-bond acceptors (Lipinski definition) is 0. The van der Waals surface area contributed by atoms with Crippen molar-refractivity contribution in [3.8, 4) is 0 Å². The van der Waals surface area contributed by atoms with Gasteiger partial charge in [0.1, 0.15) is 0 Å². The fourth-order valence-corrected chi connectivity index (χ4v) is 5.78. The largest absolute Gasteiger partial charge is 0.331 e. The summed E-state index contributed by atoms with van der Waals surface area (Å²) in [6.07, 6.45) is 31.7. The molecule has 222 valence electrons. The van der Waals surface area contributed by atoms with Gasteiger partial charge in [-0.05, 0) is 31.2 Å². The van der Waals surface area contributed by atoms with E-state index in [1.165, 1.54) is 171 Å². The summed E-state index contributed by atoms with van der Waals surface area (Å²) in [6.45, 7) is 3.97. The van der Waals surface area contributed by atoms with E-state index in [9.17, 15) is 0 Å². The van der Waals surface area contributed by atoms with E-state index in [2.05, 4.69) is 65.6 Å². The van der Waals surface area contributed by atoms with Crippen LogP contribution < -0.4 is 0 Å². The van der Waals surface area contributed by atoms with Crippen molar-refractivity contribution in [2.75, 3.05) is 54.9 Å². The highest BCUT2D eigenvalue weighted by Crippen LogP contribution is 2.16. The molecular formula is C36H70N2+2. The van der Waals surface area contributed by atoms with Gasteiger partial charge in [-0.2, -0.15) is 0 Å². The van der Waals surface area contributed by atoms with Crippen LogP contribution in [0.3, 0.4) is 0 Å². The highest BCUT2D eigenvalue weighted by molar-refractivity contribution is 5.14. The second-order valence-corrected chi connectivity index (χ2v) is 14.1. The van der Waals surface area contributed by atoms with Gasteiger partial charge in [-0.3, -0.25) is 0 Å². The third-order valence-electron chi connectivity index (χ3n) is 8.41. The lowest BCUT2D eigenvalue weighted by Gasteiger charge is -2.31. The van der Waals surface area contributed by atoms with Crippen LogP contribution in [0.4, 0.5) is 0 Å². The summed E-state index contributed by atoms with van der Waals surface area (Å²) in [5, 5.41) is 0. The van der Waals surface area contributed by atoms with E-state index in [0.29, 0.717) is 0 Å². The fourth-order valence-electron chi connectivity index (χ4n) is 5.78. The number of quaternary nitrogens is 2. The minimum absolute atomic E-state index is 1.09. The summed E-state index contributed by atoms with van der Waals surface area (Å²) in [7, 11) is 11.8. The van der Waals surface area contributed by atoms with E-state index in [-0.39, 0.29) is 0 Å². The maximum atomic E-state index is 2.42. The lowest BCUT2D eigenvalue weighted by molar-refractivity contribution is -0.902. The minimum Gasteiger partial charge on any atom is -0.331 e. The van der Waals surface area contributed by atoms with Gasteiger partial charge in [-0.1, -0.05) is 139 Å². The highest BCUT2D eigenvalue weighted by Gasteiger charge is 2.16. The molecule has 1 aromatic carbocycles. The second-order valence-electron chi connectivity index (χ2n) is 14.1. The molecular weight excluding hydrogens is 460 g/mol. The number of benzene rings is 1. The minimum atomic E-state index is 1.09. The molecule has 0 fully saturated rings. The van der Waals surface area contributed by atoms with Gasteiger partial charge in [0.15, 0.2) is 0 Å². The summed E-state index contributed by atoms with van der Waals surface area (Å²) in [5.41, 5.74) is 1.50. The lowest BCUT2D eigenvalue weighted by atomic mass is 10.0. The molecule has 0 heterocycles. The predicted molar refractivity (Wildman–Crippen MR) is 172 cm³/mol. The molecule has 0 N–H and O–H groups in total. The molecule has 0 aromatic heterocycles. The van der Waals surface area contributed by atoms with E-state index < -0.39 is 0 Å². The fraction of sp³-hybridized carbons (Fsp3) is 0.833. The van der Waals surface area contributed by atoms with Crippen molar-refractivity contribution in [2.24, 2.45) is 0 Å².